The molecular formula is C17H21NO3. The summed E-state index contributed by atoms with van der Waals surface area (Å²) < 4.78 is 5.48. The fourth-order valence-electron chi connectivity index (χ4n) is 2.17. The van der Waals surface area contributed by atoms with Gasteiger partial charge in [0.1, 0.15) is 17.2 Å². The Kier molecular flexibility index (Phi) is 5.06. The highest BCUT2D eigenvalue weighted by atomic mass is 16.5. The minimum Gasteiger partial charge on any atom is -0.508 e. The molecule has 0 bridgehead atoms. The highest BCUT2D eigenvalue weighted by Crippen LogP contribution is 2.25. The molecule has 0 saturated heterocycles. The molecule has 4 nitrogen and oxygen atoms in total. The van der Waals surface area contributed by atoms with Crippen molar-refractivity contribution in [1.82, 2.24) is 5.32 Å². The van der Waals surface area contributed by atoms with Gasteiger partial charge in [-0.05, 0) is 49.2 Å². The van der Waals surface area contributed by atoms with Crippen LogP contribution in [0, 0.1) is 0 Å². The van der Waals surface area contributed by atoms with Crippen LogP contribution in [-0.2, 0) is 6.54 Å². The molecule has 2 rings (SSSR count). The smallest absolute Gasteiger partial charge is 0.119 e. The third-order valence-electron chi connectivity index (χ3n) is 3.25. The maximum Gasteiger partial charge on any atom is 0.119 e. The number of rotatable bonds is 6. The van der Waals surface area contributed by atoms with E-state index in [2.05, 4.69) is 5.32 Å². The average molecular weight is 287 g/mol. The predicted molar refractivity (Wildman–Crippen MR) is 82.6 cm³/mol. The van der Waals surface area contributed by atoms with Gasteiger partial charge in [-0.2, -0.15) is 0 Å². The molecule has 2 aromatic carbocycles. The van der Waals surface area contributed by atoms with Gasteiger partial charge in [0.25, 0.3) is 0 Å². The lowest BCUT2D eigenvalue weighted by atomic mass is 10.1. The molecule has 3 N–H and O–H groups in total. The Labute approximate surface area is 125 Å². The molecule has 0 aliphatic heterocycles. The van der Waals surface area contributed by atoms with E-state index in [1.165, 1.54) is 6.07 Å². The van der Waals surface area contributed by atoms with Crippen molar-refractivity contribution in [2.75, 3.05) is 6.61 Å². The second-order valence-corrected chi connectivity index (χ2v) is 4.97. The summed E-state index contributed by atoms with van der Waals surface area (Å²) >= 11 is 0. The van der Waals surface area contributed by atoms with E-state index in [0.29, 0.717) is 13.2 Å². The van der Waals surface area contributed by atoms with Crippen molar-refractivity contribution in [2.45, 2.75) is 26.4 Å². The Morgan fingerprint density at radius 2 is 1.81 bits per heavy atom. The molecule has 0 fully saturated rings. The number of hydrogen-bond donors (Lipinski definition) is 3. The predicted octanol–water partition coefficient (Wildman–Crippen LogP) is 3.35. The molecule has 0 amide bonds. The zero-order chi connectivity index (χ0) is 15.2. The number of benzene rings is 2. The summed E-state index contributed by atoms with van der Waals surface area (Å²) in [5.74, 6) is 0.994. The second-order valence-electron chi connectivity index (χ2n) is 4.97. The summed E-state index contributed by atoms with van der Waals surface area (Å²) in [4.78, 5) is 0. The Bertz CT molecular complexity index is 578. The van der Waals surface area contributed by atoms with E-state index in [9.17, 15) is 10.2 Å². The quantitative estimate of drug-likeness (QED) is 0.762. The molecule has 0 aromatic heterocycles. The van der Waals surface area contributed by atoms with Crippen LogP contribution in [0.15, 0.2) is 42.5 Å². The Hall–Kier alpha value is -2.20. The summed E-state index contributed by atoms with van der Waals surface area (Å²) in [5.41, 5.74) is 1.96. The van der Waals surface area contributed by atoms with Gasteiger partial charge in [-0.3, -0.25) is 0 Å². The molecule has 1 atom stereocenters. The number of phenols is 2. The van der Waals surface area contributed by atoms with Gasteiger partial charge >= 0.3 is 0 Å². The Morgan fingerprint density at radius 1 is 1.10 bits per heavy atom. The van der Waals surface area contributed by atoms with Crippen molar-refractivity contribution in [3.8, 4) is 17.2 Å². The Morgan fingerprint density at radius 3 is 2.48 bits per heavy atom. The topological polar surface area (TPSA) is 61.7 Å². The average Bonchev–Trinajstić information content (AvgIpc) is 2.44. The van der Waals surface area contributed by atoms with Crippen molar-refractivity contribution in [3.63, 3.8) is 0 Å². The summed E-state index contributed by atoms with van der Waals surface area (Å²) in [6.45, 7) is 5.27. The fraction of sp³-hybridized carbons (Fsp3) is 0.294. The first-order valence-electron chi connectivity index (χ1n) is 7.06. The SMILES string of the molecule is CCOc1cccc(CNC(C)c2cc(O)cc(O)c2)c1. The van der Waals surface area contributed by atoms with Gasteiger partial charge in [-0.25, -0.2) is 0 Å². The van der Waals surface area contributed by atoms with Gasteiger partial charge in [-0.1, -0.05) is 12.1 Å². The van der Waals surface area contributed by atoms with Crippen LogP contribution < -0.4 is 10.1 Å². The van der Waals surface area contributed by atoms with Crippen LogP contribution in [0.4, 0.5) is 0 Å². The molecular weight excluding hydrogens is 266 g/mol. The molecule has 2 aromatic rings. The highest BCUT2D eigenvalue weighted by Gasteiger charge is 2.08. The number of ether oxygens (including phenoxy) is 1. The molecule has 0 saturated carbocycles. The van der Waals surface area contributed by atoms with Gasteiger partial charge < -0.3 is 20.3 Å². The highest BCUT2D eigenvalue weighted by molar-refractivity contribution is 5.38. The lowest BCUT2D eigenvalue weighted by molar-refractivity contribution is 0.339. The third kappa shape index (κ3) is 4.39. The monoisotopic (exact) mass is 287 g/mol. The van der Waals surface area contributed by atoms with Crippen molar-refractivity contribution < 1.29 is 14.9 Å². The minimum absolute atomic E-state index is 0.0127. The molecule has 0 aliphatic rings. The van der Waals surface area contributed by atoms with Crippen molar-refractivity contribution in [3.05, 3.63) is 53.6 Å². The van der Waals surface area contributed by atoms with E-state index < -0.39 is 0 Å². The van der Waals surface area contributed by atoms with Gasteiger partial charge in [0.15, 0.2) is 0 Å². The first-order chi connectivity index (χ1) is 10.1. The van der Waals surface area contributed by atoms with Crippen molar-refractivity contribution in [1.29, 1.82) is 0 Å². The maximum absolute atomic E-state index is 9.52. The van der Waals surface area contributed by atoms with Crippen molar-refractivity contribution in [2.24, 2.45) is 0 Å². The second kappa shape index (κ2) is 6.99. The molecule has 0 spiro atoms. The molecule has 1 unspecified atom stereocenters. The number of aromatic hydroxyl groups is 2. The summed E-state index contributed by atoms with van der Waals surface area (Å²) in [5, 5.41) is 22.4. The lowest BCUT2D eigenvalue weighted by Gasteiger charge is -2.15. The van der Waals surface area contributed by atoms with E-state index in [1.54, 1.807) is 12.1 Å². The number of nitrogens with one attached hydrogen (secondary N) is 1. The first kappa shape index (κ1) is 15.2. The normalized spacial score (nSPS) is 12.1. The van der Waals surface area contributed by atoms with E-state index in [0.717, 1.165) is 16.9 Å². The zero-order valence-electron chi connectivity index (χ0n) is 12.3. The largest absolute Gasteiger partial charge is 0.508 e. The van der Waals surface area contributed by atoms with Crippen molar-refractivity contribution >= 4 is 0 Å². The van der Waals surface area contributed by atoms with Crippen LogP contribution in [-0.4, -0.2) is 16.8 Å². The zero-order valence-corrected chi connectivity index (χ0v) is 12.3. The summed E-state index contributed by atoms with van der Waals surface area (Å²) in [7, 11) is 0. The molecule has 4 heteroatoms. The third-order valence-corrected chi connectivity index (χ3v) is 3.25. The first-order valence-corrected chi connectivity index (χ1v) is 7.06. The van der Waals surface area contributed by atoms with Crippen LogP contribution in [0.3, 0.4) is 0 Å². The Balaban J connectivity index is 2.00. The van der Waals surface area contributed by atoms with Gasteiger partial charge in [-0.15, -0.1) is 0 Å². The van der Waals surface area contributed by atoms with Crippen LogP contribution in [0.2, 0.25) is 0 Å². The number of hydrogen-bond acceptors (Lipinski definition) is 4. The maximum atomic E-state index is 9.52. The molecule has 0 aliphatic carbocycles. The van der Waals surface area contributed by atoms with Gasteiger partial charge in [0.2, 0.25) is 0 Å². The number of phenolic OH excluding ortho intramolecular Hbond substituents is 2. The fourth-order valence-corrected chi connectivity index (χ4v) is 2.17. The van der Waals surface area contributed by atoms with E-state index in [-0.39, 0.29) is 17.5 Å². The molecule has 0 radical (unpaired) electrons. The van der Waals surface area contributed by atoms with E-state index in [4.69, 9.17) is 4.74 Å². The molecule has 21 heavy (non-hydrogen) atoms. The van der Waals surface area contributed by atoms with E-state index >= 15 is 0 Å². The van der Waals surface area contributed by atoms with Gasteiger partial charge in [0, 0.05) is 18.7 Å². The molecule has 112 valence electrons. The van der Waals surface area contributed by atoms with Crippen LogP contribution in [0.1, 0.15) is 31.0 Å². The van der Waals surface area contributed by atoms with Crippen LogP contribution >= 0.6 is 0 Å². The standard InChI is InChI=1S/C17H21NO3/c1-3-21-17-6-4-5-13(7-17)11-18-12(2)14-8-15(19)10-16(20)9-14/h4-10,12,18-20H,3,11H2,1-2H3. The summed E-state index contributed by atoms with van der Waals surface area (Å²) in [6, 6.07) is 12.6. The minimum atomic E-state index is 0.0127. The van der Waals surface area contributed by atoms with Gasteiger partial charge in [0.05, 0.1) is 6.61 Å². The molecule has 0 heterocycles. The summed E-state index contributed by atoms with van der Waals surface area (Å²) in [6.07, 6.45) is 0. The van der Waals surface area contributed by atoms with Crippen LogP contribution in [0.25, 0.3) is 0 Å². The van der Waals surface area contributed by atoms with Crippen LogP contribution in [0.5, 0.6) is 17.2 Å². The lowest BCUT2D eigenvalue weighted by Crippen LogP contribution is -2.18. The van der Waals surface area contributed by atoms with E-state index in [1.807, 2.05) is 38.1 Å².